The number of rotatable bonds is 4. The van der Waals surface area contributed by atoms with Crippen molar-refractivity contribution >= 4 is 27.5 Å². The van der Waals surface area contributed by atoms with E-state index >= 15 is 0 Å². The molecule has 5 rings (SSSR count). The molecule has 2 aromatic carbocycles. The highest BCUT2D eigenvalue weighted by atomic mass is 32.1. The molecule has 1 fully saturated rings. The van der Waals surface area contributed by atoms with Crippen molar-refractivity contribution < 1.29 is 4.79 Å². The molecule has 2 aromatic heterocycles. The summed E-state index contributed by atoms with van der Waals surface area (Å²) in [6.07, 6.45) is 3.98. The lowest BCUT2D eigenvalue weighted by Gasteiger charge is -2.34. The third kappa shape index (κ3) is 3.81. The number of aromatic nitrogens is 2. The Morgan fingerprint density at radius 3 is 2.52 bits per heavy atom. The smallest absolute Gasteiger partial charge is 0.254 e. The molecule has 0 bridgehead atoms. The van der Waals surface area contributed by atoms with Gasteiger partial charge in [0, 0.05) is 49.8 Å². The fraction of sp³-hybridized carbons (Fsp3) is 0.217. The molecule has 5 nitrogen and oxygen atoms in total. The van der Waals surface area contributed by atoms with E-state index < -0.39 is 0 Å². The summed E-state index contributed by atoms with van der Waals surface area (Å²) in [5.41, 5.74) is 2.83. The predicted octanol–water partition coefficient (Wildman–Crippen LogP) is 4.05. The van der Waals surface area contributed by atoms with E-state index in [1.54, 1.807) is 11.3 Å². The van der Waals surface area contributed by atoms with E-state index in [1.807, 2.05) is 64.3 Å². The number of hydrogen-bond acceptors (Lipinski definition) is 4. The Hall–Kier alpha value is -2.96. The lowest BCUT2D eigenvalue weighted by molar-refractivity contribution is 0.0628. The number of para-hydroxylation sites is 1. The summed E-state index contributed by atoms with van der Waals surface area (Å²) >= 11 is 1.76. The lowest BCUT2D eigenvalue weighted by atomic mass is 10.1. The van der Waals surface area contributed by atoms with Gasteiger partial charge in [0.25, 0.3) is 5.91 Å². The van der Waals surface area contributed by atoms with Gasteiger partial charge in [-0.25, -0.2) is 4.98 Å². The molecule has 1 aliphatic heterocycles. The minimum Gasteiger partial charge on any atom is -0.336 e. The number of fused-ring (bicyclic) bond motifs is 1. The van der Waals surface area contributed by atoms with Gasteiger partial charge in [-0.3, -0.25) is 9.69 Å². The van der Waals surface area contributed by atoms with Crippen LogP contribution in [0.25, 0.3) is 15.9 Å². The van der Waals surface area contributed by atoms with Crippen molar-refractivity contribution in [1.82, 2.24) is 19.4 Å². The predicted molar refractivity (Wildman–Crippen MR) is 117 cm³/mol. The normalized spacial score (nSPS) is 15.1. The Morgan fingerprint density at radius 1 is 0.931 bits per heavy atom. The Balaban J connectivity index is 1.22. The summed E-state index contributed by atoms with van der Waals surface area (Å²) < 4.78 is 3.26. The molecule has 0 unspecified atom stereocenters. The maximum Gasteiger partial charge on any atom is 0.254 e. The van der Waals surface area contributed by atoms with Gasteiger partial charge in [-0.15, -0.1) is 11.3 Å². The zero-order valence-electron chi connectivity index (χ0n) is 16.1. The van der Waals surface area contributed by atoms with Crippen LogP contribution in [0.4, 0.5) is 0 Å². The Bertz CT molecular complexity index is 1090. The van der Waals surface area contributed by atoms with Crippen molar-refractivity contribution in [3.63, 3.8) is 0 Å². The molecule has 4 aromatic rings. The van der Waals surface area contributed by atoms with Crippen molar-refractivity contribution in [2.24, 2.45) is 0 Å². The average Bonchev–Trinajstić information content (AvgIpc) is 3.43. The first-order chi connectivity index (χ1) is 14.3. The molecule has 1 saturated heterocycles. The Morgan fingerprint density at radius 2 is 1.72 bits per heavy atom. The minimum absolute atomic E-state index is 0.110. The number of thiazole rings is 1. The summed E-state index contributed by atoms with van der Waals surface area (Å²) in [6.45, 7) is 4.09. The van der Waals surface area contributed by atoms with Crippen LogP contribution >= 0.6 is 11.3 Å². The summed E-state index contributed by atoms with van der Waals surface area (Å²) in [4.78, 5) is 22.1. The van der Waals surface area contributed by atoms with Crippen LogP contribution in [0, 0.1) is 0 Å². The molecule has 0 N–H and O–H groups in total. The second kappa shape index (κ2) is 7.81. The van der Waals surface area contributed by atoms with Crippen molar-refractivity contribution in [3.8, 4) is 5.69 Å². The van der Waals surface area contributed by atoms with E-state index in [2.05, 4.69) is 23.1 Å². The summed E-state index contributed by atoms with van der Waals surface area (Å²) in [5.74, 6) is 0.110. The highest BCUT2D eigenvalue weighted by Crippen LogP contribution is 2.23. The third-order valence-corrected chi connectivity index (χ3v) is 6.37. The van der Waals surface area contributed by atoms with E-state index in [0.29, 0.717) is 0 Å². The zero-order valence-corrected chi connectivity index (χ0v) is 16.9. The standard InChI is InChI=1S/C23H22N4OS/c28-23(18-6-5-7-19(16-18)26-10-3-4-11-26)27-14-12-25(13-15-27)17-22-24-20-8-1-2-9-21(20)29-22/h1-11,16H,12-15,17H2. The Kier molecular flexibility index (Phi) is 4.87. The van der Waals surface area contributed by atoms with Crippen LogP contribution in [0.3, 0.4) is 0 Å². The second-order valence-electron chi connectivity index (χ2n) is 7.28. The molecule has 0 radical (unpaired) electrons. The van der Waals surface area contributed by atoms with Crippen molar-refractivity contribution in [2.75, 3.05) is 26.2 Å². The van der Waals surface area contributed by atoms with E-state index in [1.165, 1.54) is 4.70 Å². The van der Waals surface area contributed by atoms with Gasteiger partial charge < -0.3 is 9.47 Å². The molecular formula is C23H22N4OS. The van der Waals surface area contributed by atoms with Crippen molar-refractivity contribution in [1.29, 1.82) is 0 Å². The maximum absolute atomic E-state index is 13.0. The lowest BCUT2D eigenvalue weighted by Crippen LogP contribution is -2.48. The fourth-order valence-electron chi connectivity index (χ4n) is 3.78. The number of nitrogens with zero attached hydrogens (tertiary/aromatic N) is 4. The first kappa shape index (κ1) is 18.1. The van der Waals surface area contributed by atoms with Crippen molar-refractivity contribution in [2.45, 2.75) is 6.54 Å². The number of hydrogen-bond donors (Lipinski definition) is 0. The maximum atomic E-state index is 13.0. The second-order valence-corrected chi connectivity index (χ2v) is 8.40. The molecule has 3 heterocycles. The summed E-state index contributed by atoms with van der Waals surface area (Å²) in [7, 11) is 0. The van der Waals surface area contributed by atoms with Gasteiger partial charge in [0.1, 0.15) is 5.01 Å². The van der Waals surface area contributed by atoms with Gasteiger partial charge in [-0.2, -0.15) is 0 Å². The topological polar surface area (TPSA) is 41.4 Å². The highest BCUT2D eigenvalue weighted by molar-refractivity contribution is 7.18. The monoisotopic (exact) mass is 402 g/mol. The van der Waals surface area contributed by atoms with Gasteiger partial charge >= 0.3 is 0 Å². The van der Waals surface area contributed by atoms with Crippen LogP contribution in [-0.2, 0) is 6.54 Å². The molecule has 146 valence electrons. The van der Waals surface area contributed by atoms with Gasteiger partial charge in [-0.1, -0.05) is 18.2 Å². The average molecular weight is 403 g/mol. The zero-order chi connectivity index (χ0) is 19.6. The quantitative estimate of drug-likeness (QED) is 0.517. The molecule has 6 heteroatoms. The van der Waals surface area contributed by atoms with Crippen LogP contribution in [0.1, 0.15) is 15.4 Å². The van der Waals surface area contributed by atoms with E-state index in [9.17, 15) is 4.79 Å². The first-order valence-corrected chi connectivity index (χ1v) is 10.7. The molecule has 0 atom stereocenters. The molecule has 1 aliphatic rings. The largest absolute Gasteiger partial charge is 0.336 e. The number of amides is 1. The van der Waals surface area contributed by atoms with E-state index in [4.69, 9.17) is 4.98 Å². The van der Waals surface area contributed by atoms with E-state index in [-0.39, 0.29) is 5.91 Å². The van der Waals surface area contributed by atoms with Crippen LogP contribution in [0.5, 0.6) is 0 Å². The third-order valence-electron chi connectivity index (χ3n) is 5.35. The molecule has 0 aliphatic carbocycles. The van der Waals surface area contributed by atoms with Crippen LogP contribution in [0.15, 0.2) is 73.1 Å². The minimum atomic E-state index is 0.110. The van der Waals surface area contributed by atoms with Crippen LogP contribution < -0.4 is 0 Å². The van der Waals surface area contributed by atoms with Crippen LogP contribution in [0.2, 0.25) is 0 Å². The van der Waals surface area contributed by atoms with Gasteiger partial charge in [0.15, 0.2) is 0 Å². The molecule has 0 saturated carbocycles. The molecule has 0 spiro atoms. The Labute approximate surface area is 173 Å². The fourth-order valence-corrected chi connectivity index (χ4v) is 4.79. The number of carbonyl (C=O) groups is 1. The summed E-state index contributed by atoms with van der Waals surface area (Å²) in [6, 6.07) is 20.1. The number of piperazine rings is 1. The highest BCUT2D eigenvalue weighted by Gasteiger charge is 2.23. The molecule has 29 heavy (non-hydrogen) atoms. The van der Waals surface area contributed by atoms with Gasteiger partial charge in [-0.05, 0) is 42.5 Å². The number of carbonyl (C=O) groups excluding carboxylic acids is 1. The van der Waals surface area contributed by atoms with Gasteiger partial charge in [0.05, 0.1) is 16.8 Å². The summed E-state index contributed by atoms with van der Waals surface area (Å²) in [5, 5.41) is 1.14. The first-order valence-electron chi connectivity index (χ1n) is 9.86. The van der Waals surface area contributed by atoms with Crippen LogP contribution in [-0.4, -0.2) is 51.4 Å². The van der Waals surface area contributed by atoms with Gasteiger partial charge in [0.2, 0.25) is 0 Å². The SMILES string of the molecule is O=C(c1cccc(-n2cccc2)c1)N1CCN(Cc2nc3ccccc3s2)CC1. The van der Waals surface area contributed by atoms with Crippen molar-refractivity contribution in [3.05, 3.63) is 83.6 Å². The number of benzene rings is 2. The van der Waals surface area contributed by atoms with E-state index in [0.717, 1.165) is 54.5 Å². The molecule has 1 amide bonds. The molecular weight excluding hydrogens is 380 g/mol.